The Morgan fingerprint density at radius 2 is 2.25 bits per heavy atom. The van der Waals surface area contributed by atoms with Crippen LogP contribution in [0.5, 0.6) is 0 Å². The number of nitrogens with zero attached hydrogens (tertiary/aromatic N) is 3. The quantitative estimate of drug-likeness (QED) is 0.487. The van der Waals surface area contributed by atoms with Crippen molar-refractivity contribution in [2.24, 2.45) is 0 Å². The van der Waals surface area contributed by atoms with E-state index in [9.17, 15) is 19.7 Å². The highest BCUT2D eigenvalue weighted by Gasteiger charge is 2.39. The summed E-state index contributed by atoms with van der Waals surface area (Å²) >= 11 is 0. The summed E-state index contributed by atoms with van der Waals surface area (Å²) in [6.07, 6.45) is 1.12. The van der Waals surface area contributed by atoms with Gasteiger partial charge in [0.05, 0.1) is 12.0 Å². The Labute approximate surface area is 114 Å². The zero-order chi connectivity index (χ0) is 14.9. The molecular weight excluding hydrogens is 268 g/mol. The predicted molar refractivity (Wildman–Crippen MR) is 66.1 cm³/mol. The van der Waals surface area contributed by atoms with Gasteiger partial charge >= 0.3 is 11.7 Å². The van der Waals surface area contributed by atoms with Gasteiger partial charge in [0.15, 0.2) is 0 Å². The number of rotatable bonds is 3. The summed E-state index contributed by atoms with van der Waals surface area (Å²) in [7, 11) is 1.24. The number of H-pyrrole nitrogens is 1. The third-order valence-corrected chi connectivity index (χ3v) is 3.29. The van der Waals surface area contributed by atoms with E-state index in [-0.39, 0.29) is 17.1 Å². The average molecular weight is 282 g/mol. The normalized spacial score (nSPS) is 18.1. The summed E-state index contributed by atoms with van der Waals surface area (Å²) < 4.78 is 4.64. The number of hydrogen-bond acceptors (Lipinski definition) is 6. The summed E-state index contributed by atoms with van der Waals surface area (Å²) in [5.41, 5.74) is -0.430. The molecule has 0 radical (unpaired) electrons. The molecule has 108 valence electrons. The number of aromatic amines is 1. The van der Waals surface area contributed by atoms with E-state index >= 15 is 0 Å². The van der Waals surface area contributed by atoms with Crippen LogP contribution in [0.3, 0.4) is 0 Å². The Morgan fingerprint density at radius 3 is 2.85 bits per heavy atom. The maximum atomic E-state index is 12.3. The van der Waals surface area contributed by atoms with Crippen LogP contribution in [0.25, 0.3) is 0 Å². The molecule has 20 heavy (non-hydrogen) atoms. The third-order valence-electron chi connectivity index (χ3n) is 3.29. The van der Waals surface area contributed by atoms with Crippen LogP contribution in [0.4, 0.5) is 5.69 Å². The summed E-state index contributed by atoms with van der Waals surface area (Å²) in [6.45, 7) is 1.81. The third kappa shape index (κ3) is 2.22. The largest absolute Gasteiger partial charge is 0.467 e. The SMILES string of the molecule is COC(=O)[C@@H]1CCCN1C(=O)c1n[nH]c(C)c1[N+](=O)[O-]. The van der Waals surface area contributed by atoms with Crippen molar-refractivity contribution in [2.45, 2.75) is 25.8 Å². The molecule has 1 aliphatic rings. The molecule has 2 rings (SSSR count). The maximum absolute atomic E-state index is 12.3. The second-order valence-electron chi connectivity index (χ2n) is 4.48. The van der Waals surface area contributed by atoms with Crippen molar-refractivity contribution in [3.05, 3.63) is 21.5 Å². The monoisotopic (exact) mass is 282 g/mol. The second kappa shape index (κ2) is 5.27. The fraction of sp³-hybridized carbons (Fsp3) is 0.545. The number of hydrogen-bond donors (Lipinski definition) is 1. The van der Waals surface area contributed by atoms with E-state index in [0.29, 0.717) is 19.4 Å². The fourth-order valence-corrected chi connectivity index (χ4v) is 2.32. The first-order valence-electron chi connectivity index (χ1n) is 6.05. The fourth-order valence-electron chi connectivity index (χ4n) is 2.32. The molecule has 2 heterocycles. The minimum Gasteiger partial charge on any atom is -0.467 e. The molecule has 0 bridgehead atoms. The predicted octanol–water partition coefficient (Wildman–Crippen LogP) is 0.404. The van der Waals surface area contributed by atoms with Gasteiger partial charge in [0.25, 0.3) is 5.91 Å². The Morgan fingerprint density at radius 1 is 1.55 bits per heavy atom. The highest BCUT2D eigenvalue weighted by atomic mass is 16.6. The molecule has 1 aromatic rings. The van der Waals surface area contributed by atoms with Crippen LogP contribution in [0.2, 0.25) is 0 Å². The van der Waals surface area contributed by atoms with Crippen molar-refractivity contribution in [1.82, 2.24) is 15.1 Å². The summed E-state index contributed by atoms with van der Waals surface area (Å²) in [4.78, 5) is 35.5. The number of amides is 1. The molecule has 1 aliphatic heterocycles. The lowest BCUT2D eigenvalue weighted by atomic mass is 10.2. The molecule has 0 saturated carbocycles. The smallest absolute Gasteiger partial charge is 0.328 e. The van der Waals surface area contributed by atoms with Gasteiger partial charge in [-0.1, -0.05) is 0 Å². The first kappa shape index (κ1) is 14.0. The first-order valence-corrected chi connectivity index (χ1v) is 6.05. The molecule has 0 unspecified atom stereocenters. The number of nitrogens with one attached hydrogen (secondary N) is 1. The molecule has 0 aliphatic carbocycles. The number of esters is 1. The van der Waals surface area contributed by atoms with E-state index in [2.05, 4.69) is 14.9 Å². The molecule has 1 N–H and O–H groups in total. The number of methoxy groups -OCH3 is 1. The van der Waals surface area contributed by atoms with Crippen LogP contribution in [-0.2, 0) is 9.53 Å². The lowest BCUT2D eigenvalue weighted by Gasteiger charge is -2.21. The van der Waals surface area contributed by atoms with Gasteiger partial charge < -0.3 is 9.64 Å². The lowest BCUT2D eigenvalue weighted by molar-refractivity contribution is -0.385. The van der Waals surface area contributed by atoms with Gasteiger partial charge in [-0.2, -0.15) is 5.10 Å². The number of nitro groups is 1. The van der Waals surface area contributed by atoms with E-state index in [1.807, 2.05) is 0 Å². The van der Waals surface area contributed by atoms with Gasteiger partial charge in [0.2, 0.25) is 5.69 Å². The Kier molecular flexibility index (Phi) is 3.68. The first-order chi connectivity index (χ1) is 9.47. The van der Waals surface area contributed by atoms with Crippen molar-refractivity contribution < 1.29 is 19.2 Å². The van der Waals surface area contributed by atoms with Crippen molar-refractivity contribution in [1.29, 1.82) is 0 Å². The number of ether oxygens (including phenoxy) is 1. The van der Waals surface area contributed by atoms with Crippen LogP contribution in [-0.4, -0.2) is 51.6 Å². The molecule has 9 nitrogen and oxygen atoms in total. The van der Waals surface area contributed by atoms with Crippen molar-refractivity contribution >= 4 is 17.6 Å². The average Bonchev–Trinajstić information content (AvgIpc) is 3.03. The van der Waals surface area contributed by atoms with Crippen LogP contribution in [0, 0.1) is 17.0 Å². The molecule has 1 fully saturated rings. The zero-order valence-electron chi connectivity index (χ0n) is 11.1. The molecule has 1 saturated heterocycles. The zero-order valence-corrected chi connectivity index (χ0v) is 11.1. The molecule has 1 aromatic heterocycles. The van der Waals surface area contributed by atoms with Crippen LogP contribution in [0.1, 0.15) is 29.0 Å². The highest BCUT2D eigenvalue weighted by Crippen LogP contribution is 2.26. The lowest BCUT2D eigenvalue weighted by Crippen LogP contribution is -2.41. The van der Waals surface area contributed by atoms with E-state index in [0.717, 1.165) is 0 Å². The molecule has 1 atom stereocenters. The van der Waals surface area contributed by atoms with Gasteiger partial charge in [0.1, 0.15) is 11.7 Å². The summed E-state index contributed by atoms with van der Waals surface area (Å²) in [5.74, 6) is -1.15. The van der Waals surface area contributed by atoms with E-state index in [1.165, 1.54) is 18.9 Å². The molecule has 0 spiro atoms. The molecule has 0 aromatic carbocycles. The number of likely N-dealkylation sites (tertiary alicyclic amines) is 1. The Bertz CT molecular complexity index is 567. The molecule has 1 amide bonds. The van der Waals surface area contributed by atoms with Crippen molar-refractivity contribution in [3.8, 4) is 0 Å². The highest BCUT2D eigenvalue weighted by molar-refractivity contribution is 5.99. The molecule has 9 heteroatoms. The van der Waals surface area contributed by atoms with Gasteiger partial charge in [-0.05, 0) is 19.8 Å². The Balaban J connectivity index is 2.32. The number of aryl methyl sites for hydroxylation is 1. The van der Waals surface area contributed by atoms with Crippen LogP contribution in [0.15, 0.2) is 0 Å². The standard InChI is InChI=1S/C11H14N4O5/c1-6-9(15(18)19)8(13-12-6)10(16)14-5-3-4-7(14)11(17)20-2/h7H,3-5H2,1-2H3,(H,12,13)/t7-/m0/s1. The number of aromatic nitrogens is 2. The van der Waals surface area contributed by atoms with Gasteiger partial charge in [-0.3, -0.25) is 20.0 Å². The molecular formula is C11H14N4O5. The van der Waals surface area contributed by atoms with Crippen LogP contribution < -0.4 is 0 Å². The van der Waals surface area contributed by atoms with E-state index < -0.39 is 22.8 Å². The summed E-state index contributed by atoms with van der Waals surface area (Å²) in [5, 5.41) is 17.1. The minimum atomic E-state index is -0.705. The maximum Gasteiger partial charge on any atom is 0.328 e. The van der Waals surface area contributed by atoms with Crippen molar-refractivity contribution in [3.63, 3.8) is 0 Å². The topological polar surface area (TPSA) is 118 Å². The number of carbonyl (C=O) groups excluding carboxylic acids is 2. The number of carbonyl (C=O) groups is 2. The van der Waals surface area contributed by atoms with Gasteiger partial charge in [-0.25, -0.2) is 4.79 Å². The van der Waals surface area contributed by atoms with E-state index in [4.69, 9.17) is 0 Å². The Hall–Kier alpha value is -2.45. The second-order valence-corrected chi connectivity index (χ2v) is 4.48. The minimum absolute atomic E-state index is 0.201. The summed E-state index contributed by atoms with van der Waals surface area (Å²) in [6, 6.07) is -0.705. The van der Waals surface area contributed by atoms with Gasteiger partial charge in [-0.15, -0.1) is 0 Å². The van der Waals surface area contributed by atoms with Gasteiger partial charge in [0, 0.05) is 6.54 Å². The van der Waals surface area contributed by atoms with E-state index in [1.54, 1.807) is 0 Å². The van der Waals surface area contributed by atoms with Crippen molar-refractivity contribution in [2.75, 3.05) is 13.7 Å². The van der Waals surface area contributed by atoms with Crippen LogP contribution >= 0.6 is 0 Å².